The molecule has 6 rings (SSSR count). The maximum Gasteiger partial charge on any atom is 0.264 e. The Labute approximate surface area is 206 Å². The molecule has 9 heteroatoms. The van der Waals surface area contributed by atoms with Crippen molar-refractivity contribution in [2.45, 2.75) is 50.7 Å². The van der Waals surface area contributed by atoms with Gasteiger partial charge in [0.2, 0.25) is 0 Å². The van der Waals surface area contributed by atoms with Crippen LogP contribution < -0.4 is 5.73 Å². The number of thiophene rings is 1. The Balaban J connectivity index is 0.00000241. The monoisotopic (exact) mass is 498 g/mol. The van der Waals surface area contributed by atoms with Gasteiger partial charge >= 0.3 is 0 Å². The van der Waals surface area contributed by atoms with Gasteiger partial charge in [-0.15, -0.1) is 23.7 Å². The number of pyridine rings is 1. The summed E-state index contributed by atoms with van der Waals surface area (Å²) in [5.41, 5.74) is 9.46. The average molecular weight is 499 g/mol. The average Bonchev–Trinajstić information content (AvgIpc) is 3.48. The second kappa shape index (κ2) is 8.76. The van der Waals surface area contributed by atoms with Gasteiger partial charge in [0, 0.05) is 51.9 Å². The molecule has 0 saturated carbocycles. The van der Waals surface area contributed by atoms with Crippen LogP contribution in [0, 0.1) is 12.7 Å². The van der Waals surface area contributed by atoms with Crippen LogP contribution in [-0.2, 0) is 0 Å². The summed E-state index contributed by atoms with van der Waals surface area (Å²) in [6, 6.07) is 9.30. The van der Waals surface area contributed by atoms with Crippen molar-refractivity contribution in [3.8, 4) is 21.6 Å². The third kappa shape index (κ3) is 3.70. The number of nitrogens with two attached hydrogens (primary N) is 1. The quantitative estimate of drug-likeness (QED) is 0.398. The lowest BCUT2D eigenvalue weighted by Crippen LogP contribution is -2.49. The third-order valence-electron chi connectivity index (χ3n) is 6.92. The lowest BCUT2D eigenvalue weighted by Gasteiger charge is -2.37. The van der Waals surface area contributed by atoms with Gasteiger partial charge in [-0.25, -0.2) is 4.39 Å². The number of aryl methyl sites for hydroxylation is 1. The number of amides is 1. The summed E-state index contributed by atoms with van der Waals surface area (Å²) in [4.78, 5) is 21.1. The number of fused-ring (bicyclic) bond motifs is 3. The van der Waals surface area contributed by atoms with Gasteiger partial charge in [-0.1, -0.05) is 5.16 Å². The van der Waals surface area contributed by atoms with Crippen molar-refractivity contribution in [1.82, 2.24) is 15.0 Å². The molecule has 1 amide bonds. The lowest BCUT2D eigenvalue weighted by atomic mass is 9.97. The molecule has 176 valence electrons. The summed E-state index contributed by atoms with van der Waals surface area (Å²) in [7, 11) is 0. The number of aromatic nitrogens is 2. The van der Waals surface area contributed by atoms with Crippen LogP contribution in [0.15, 0.2) is 47.2 Å². The van der Waals surface area contributed by atoms with Gasteiger partial charge in [0.25, 0.3) is 5.91 Å². The summed E-state index contributed by atoms with van der Waals surface area (Å²) >= 11 is 1.33. The van der Waals surface area contributed by atoms with Gasteiger partial charge in [-0.3, -0.25) is 9.78 Å². The predicted octanol–water partition coefficient (Wildman–Crippen LogP) is 5.58. The van der Waals surface area contributed by atoms with Crippen molar-refractivity contribution >= 4 is 40.6 Å². The molecule has 2 unspecified atom stereocenters. The van der Waals surface area contributed by atoms with E-state index in [-0.39, 0.29) is 42.3 Å². The maximum atomic E-state index is 15.3. The van der Waals surface area contributed by atoms with Gasteiger partial charge in [0.1, 0.15) is 5.82 Å². The molecule has 2 atom stereocenters. The van der Waals surface area contributed by atoms with Crippen LogP contribution >= 0.6 is 23.7 Å². The number of benzene rings is 1. The zero-order chi connectivity index (χ0) is 22.7. The van der Waals surface area contributed by atoms with E-state index in [0.717, 1.165) is 36.8 Å². The molecule has 3 aromatic heterocycles. The lowest BCUT2D eigenvalue weighted by molar-refractivity contribution is 0.0580. The Morgan fingerprint density at radius 1 is 1.15 bits per heavy atom. The van der Waals surface area contributed by atoms with Gasteiger partial charge in [-0.05, 0) is 68.5 Å². The first-order valence-corrected chi connectivity index (χ1v) is 12.0. The number of piperidine rings is 1. The normalized spacial score (nSPS) is 21.6. The summed E-state index contributed by atoms with van der Waals surface area (Å²) < 4.78 is 20.7. The van der Waals surface area contributed by atoms with Crippen LogP contribution in [0.3, 0.4) is 0 Å². The molecule has 2 aliphatic rings. The minimum atomic E-state index is -0.367. The van der Waals surface area contributed by atoms with Crippen molar-refractivity contribution in [2.24, 2.45) is 5.73 Å². The van der Waals surface area contributed by atoms with E-state index in [1.807, 2.05) is 23.1 Å². The molecular weight excluding hydrogens is 475 g/mol. The van der Waals surface area contributed by atoms with Crippen LogP contribution in [-0.4, -0.2) is 39.1 Å². The smallest absolute Gasteiger partial charge is 0.264 e. The molecule has 0 spiro atoms. The number of hydrogen-bond donors (Lipinski definition) is 1. The second-order valence-electron chi connectivity index (χ2n) is 9.01. The Bertz CT molecular complexity index is 1360. The molecule has 4 aromatic rings. The van der Waals surface area contributed by atoms with E-state index >= 15 is 4.39 Å². The highest BCUT2D eigenvalue weighted by Gasteiger charge is 2.43. The fourth-order valence-corrected chi connectivity index (χ4v) is 6.52. The molecule has 6 nitrogen and oxygen atoms in total. The SMILES string of the molecule is Cc1noc2cc(-c3sc(C(=O)N4C5CCC4CC(N)C5)cc3-c3ccncc3)c(F)cc12.Cl. The molecule has 34 heavy (non-hydrogen) atoms. The van der Waals surface area contributed by atoms with Crippen molar-refractivity contribution in [1.29, 1.82) is 0 Å². The number of hydrogen-bond acceptors (Lipinski definition) is 6. The molecular formula is C25H24ClFN4O2S. The number of nitrogens with zero attached hydrogens (tertiary/aromatic N) is 3. The van der Waals surface area contributed by atoms with Crippen LogP contribution in [0.25, 0.3) is 32.5 Å². The van der Waals surface area contributed by atoms with Gasteiger partial charge in [-0.2, -0.15) is 0 Å². The van der Waals surface area contributed by atoms with Crippen LogP contribution in [0.5, 0.6) is 0 Å². The van der Waals surface area contributed by atoms with Crippen LogP contribution in [0.1, 0.15) is 41.0 Å². The predicted molar refractivity (Wildman–Crippen MR) is 133 cm³/mol. The van der Waals surface area contributed by atoms with Gasteiger partial charge in [0.05, 0.1) is 10.6 Å². The largest absolute Gasteiger partial charge is 0.356 e. The summed E-state index contributed by atoms with van der Waals surface area (Å²) in [5, 5.41) is 4.61. The number of carbonyl (C=O) groups is 1. The van der Waals surface area contributed by atoms with Crippen molar-refractivity contribution in [3.05, 3.63) is 59.1 Å². The van der Waals surface area contributed by atoms with E-state index in [4.69, 9.17) is 10.3 Å². The van der Waals surface area contributed by atoms with Crippen LogP contribution in [0.4, 0.5) is 4.39 Å². The van der Waals surface area contributed by atoms with Crippen molar-refractivity contribution < 1.29 is 13.7 Å². The Morgan fingerprint density at radius 3 is 2.56 bits per heavy atom. The first kappa shape index (κ1) is 23.0. The Morgan fingerprint density at radius 2 is 1.85 bits per heavy atom. The molecule has 2 saturated heterocycles. The Hall–Kier alpha value is -2.81. The molecule has 2 bridgehead atoms. The molecule has 5 heterocycles. The standard InChI is InChI=1S/C25H23FN4O2S.ClH/c1-13-18-10-21(26)20(11-22(18)32-29-13)24-19(14-4-6-28-7-5-14)12-23(33-24)25(31)30-16-2-3-17(30)9-15(27)8-16;/h4-7,10-12,15-17H,2-3,8-9,27H2,1H3;1H. The molecule has 2 fully saturated rings. The van der Waals surface area contributed by atoms with E-state index in [0.29, 0.717) is 32.0 Å². The highest BCUT2D eigenvalue weighted by atomic mass is 35.5. The highest BCUT2D eigenvalue weighted by Crippen LogP contribution is 2.44. The maximum absolute atomic E-state index is 15.3. The fourth-order valence-electron chi connectivity index (χ4n) is 5.37. The number of carbonyl (C=O) groups excluding carboxylic acids is 1. The molecule has 0 aliphatic carbocycles. The summed E-state index contributed by atoms with van der Waals surface area (Å²) in [6.45, 7) is 1.79. The minimum absolute atomic E-state index is 0. The second-order valence-corrected chi connectivity index (χ2v) is 10.1. The van der Waals surface area contributed by atoms with E-state index in [1.165, 1.54) is 17.4 Å². The van der Waals surface area contributed by atoms with E-state index in [2.05, 4.69) is 10.1 Å². The molecule has 2 aliphatic heterocycles. The highest BCUT2D eigenvalue weighted by molar-refractivity contribution is 7.18. The summed E-state index contributed by atoms with van der Waals surface area (Å²) in [6.07, 6.45) is 7.07. The molecule has 1 aromatic carbocycles. The van der Waals surface area contributed by atoms with E-state index in [1.54, 1.807) is 25.4 Å². The zero-order valence-electron chi connectivity index (χ0n) is 18.5. The van der Waals surface area contributed by atoms with E-state index < -0.39 is 0 Å². The van der Waals surface area contributed by atoms with Gasteiger partial charge < -0.3 is 15.2 Å². The zero-order valence-corrected chi connectivity index (χ0v) is 20.2. The third-order valence-corrected chi connectivity index (χ3v) is 8.08. The first-order valence-electron chi connectivity index (χ1n) is 11.2. The van der Waals surface area contributed by atoms with E-state index in [9.17, 15) is 4.79 Å². The van der Waals surface area contributed by atoms with Crippen molar-refractivity contribution in [3.63, 3.8) is 0 Å². The first-order chi connectivity index (χ1) is 16.0. The molecule has 0 radical (unpaired) electrons. The Kier molecular flexibility index (Phi) is 5.91. The van der Waals surface area contributed by atoms with Crippen molar-refractivity contribution in [2.75, 3.05) is 0 Å². The summed E-state index contributed by atoms with van der Waals surface area (Å²) in [5.74, 6) is -0.355. The minimum Gasteiger partial charge on any atom is -0.356 e. The van der Waals surface area contributed by atoms with Gasteiger partial charge in [0.15, 0.2) is 5.58 Å². The fraction of sp³-hybridized carbons (Fsp3) is 0.320. The number of rotatable bonds is 3. The topological polar surface area (TPSA) is 85.2 Å². The van der Waals surface area contributed by atoms with Crippen LogP contribution in [0.2, 0.25) is 0 Å². The number of halogens is 2. The molecule has 2 N–H and O–H groups in total.